The van der Waals surface area contributed by atoms with Gasteiger partial charge in [0, 0.05) is 38.6 Å². The van der Waals surface area contributed by atoms with Gasteiger partial charge in [-0.15, -0.1) is 0 Å². The van der Waals surface area contributed by atoms with Crippen molar-refractivity contribution in [2.75, 3.05) is 20.8 Å². The highest BCUT2D eigenvalue weighted by atomic mass is 16.5. The van der Waals surface area contributed by atoms with Crippen molar-refractivity contribution in [3.8, 4) is 5.88 Å². The molecule has 0 saturated carbocycles. The molecule has 90 valence electrons. The molecule has 1 rings (SSSR count). The lowest BCUT2D eigenvalue weighted by Crippen LogP contribution is -2.26. The number of ether oxygens (including phenoxy) is 2. The summed E-state index contributed by atoms with van der Waals surface area (Å²) in [4.78, 5) is 4.15. The van der Waals surface area contributed by atoms with E-state index < -0.39 is 0 Å². The van der Waals surface area contributed by atoms with Crippen LogP contribution in [0, 0.1) is 0 Å². The fraction of sp³-hybridized carbons (Fsp3) is 0.583. The summed E-state index contributed by atoms with van der Waals surface area (Å²) in [5.74, 6) is 0.649. The molecule has 0 saturated heterocycles. The smallest absolute Gasteiger partial charge is 0.212 e. The van der Waals surface area contributed by atoms with Crippen LogP contribution in [0.1, 0.15) is 18.9 Å². The molecule has 1 aromatic heterocycles. The average Bonchev–Trinajstić information content (AvgIpc) is 2.34. The van der Waals surface area contributed by atoms with Gasteiger partial charge in [0.1, 0.15) is 0 Å². The number of hydrogen-bond donors (Lipinski definition) is 1. The van der Waals surface area contributed by atoms with Crippen LogP contribution in [0.3, 0.4) is 0 Å². The third-order valence-electron chi connectivity index (χ3n) is 2.42. The summed E-state index contributed by atoms with van der Waals surface area (Å²) in [7, 11) is 3.34. The lowest BCUT2D eigenvalue weighted by Gasteiger charge is -2.13. The van der Waals surface area contributed by atoms with Gasteiger partial charge in [0.2, 0.25) is 5.88 Å². The van der Waals surface area contributed by atoms with Crippen LogP contribution in [-0.2, 0) is 11.3 Å². The molecular formula is C12H20N2O2. The minimum absolute atomic E-state index is 0.446. The van der Waals surface area contributed by atoms with Crippen LogP contribution in [0.15, 0.2) is 18.3 Å². The molecule has 4 nitrogen and oxygen atoms in total. The largest absolute Gasteiger partial charge is 0.481 e. The van der Waals surface area contributed by atoms with E-state index in [1.807, 2.05) is 18.3 Å². The molecule has 1 unspecified atom stereocenters. The quantitative estimate of drug-likeness (QED) is 0.764. The summed E-state index contributed by atoms with van der Waals surface area (Å²) in [5.41, 5.74) is 1.16. The van der Waals surface area contributed by atoms with Crippen molar-refractivity contribution in [1.82, 2.24) is 10.3 Å². The predicted octanol–water partition coefficient (Wildman–Crippen LogP) is 1.60. The van der Waals surface area contributed by atoms with E-state index in [0.29, 0.717) is 11.9 Å². The number of methoxy groups -OCH3 is 2. The van der Waals surface area contributed by atoms with Gasteiger partial charge >= 0.3 is 0 Å². The van der Waals surface area contributed by atoms with Crippen LogP contribution in [0.5, 0.6) is 5.88 Å². The number of rotatable bonds is 7. The molecule has 0 aliphatic carbocycles. The normalized spacial score (nSPS) is 12.4. The number of nitrogens with one attached hydrogen (secondary N) is 1. The Morgan fingerprint density at radius 3 is 2.75 bits per heavy atom. The summed E-state index contributed by atoms with van der Waals surface area (Å²) in [6.45, 7) is 3.76. The molecule has 0 spiro atoms. The molecule has 0 aromatic carbocycles. The van der Waals surface area contributed by atoms with Crippen molar-refractivity contribution in [2.45, 2.75) is 25.9 Å². The van der Waals surface area contributed by atoms with Crippen molar-refractivity contribution < 1.29 is 9.47 Å². The van der Waals surface area contributed by atoms with Gasteiger partial charge in [-0.2, -0.15) is 0 Å². The molecule has 0 radical (unpaired) electrons. The lowest BCUT2D eigenvalue weighted by atomic mass is 10.2. The Hall–Kier alpha value is -1.13. The van der Waals surface area contributed by atoms with Gasteiger partial charge in [-0.25, -0.2) is 4.98 Å². The molecule has 1 atom stereocenters. The maximum absolute atomic E-state index is 5.03. The molecule has 1 aromatic rings. The minimum Gasteiger partial charge on any atom is -0.481 e. The standard InChI is InChI=1S/C12H20N2O2/c1-10(6-7-15-2)13-8-11-4-5-12(16-3)14-9-11/h4-5,9-10,13H,6-8H2,1-3H3. The van der Waals surface area contributed by atoms with Crippen LogP contribution < -0.4 is 10.1 Å². The molecule has 0 aliphatic heterocycles. The van der Waals surface area contributed by atoms with Crippen LogP contribution in [-0.4, -0.2) is 31.9 Å². The zero-order chi connectivity index (χ0) is 11.8. The first-order chi connectivity index (χ1) is 7.76. The van der Waals surface area contributed by atoms with Crippen molar-refractivity contribution in [1.29, 1.82) is 0 Å². The van der Waals surface area contributed by atoms with E-state index in [-0.39, 0.29) is 0 Å². The molecule has 4 heteroatoms. The van der Waals surface area contributed by atoms with Gasteiger partial charge < -0.3 is 14.8 Å². The molecule has 1 heterocycles. The molecule has 0 aliphatic rings. The fourth-order valence-corrected chi connectivity index (χ4v) is 1.33. The van der Waals surface area contributed by atoms with Gasteiger partial charge in [0.05, 0.1) is 7.11 Å². The number of nitrogens with zero attached hydrogens (tertiary/aromatic N) is 1. The second-order valence-corrected chi connectivity index (χ2v) is 3.77. The fourth-order valence-electron chi connectivity index (χ4n) is 1.33. The summed E-state index contributed by atoms with van der Waals surface area (Å²) in [6.07, 6.45) is 2.84. The SMILES string of the molecule is COCCC(C)NCc1ccc(OC)nc1. The third kappa shape index (κ3) is 4.59. The Morgan fingerprint density at radius 1 is 1.38 bits per heavy atom. The predicted molar refractivity (Wildman–Crippen MR) is 63.6 cm³/mol. The third-order valence-corrected chi connectivity index (χ3v) is 2.42. The second-order valence-electron chi connectivity index (χ2n) is 3.77. The van der Waals surface area contributed by atoms with E-state index in [9.17, 15) is 0 Å². The van der Waals surface area contributed by atoms with E-state index in [4.69, 9.17) is 9.47 Å². The first-order valence-corrected chi connectivity index (χ1v) is 5.47. The molecule has 0 amide bonds. The van der Waals surface area contributed by atoms with Gasteiger partial charge in [0.25, 0.3) is 0 Å². The lowest BCUT2D eigenvalue weighted by molar-refractivity contribution is 0.184. The number of pyridine rings is 1. The van der Waals surface area contributed by atoms with Gasteiger partial charge in [0.15, 0.2) is 0 Å². The maximum Gasteiger partial charge on any atom is 0.212 e. The van der Waals surface area contributed by atoms with Crippen molar-refractivity contribution >= 4 is 0 Å². The van der Waals surface area contributed by atoms with Crippen molar-refractivity contribution in [2.24, 2.45) is 0 Å². The van der Waals surface area contributed by atoms with Crippen LogP contribution >= 0.6 is 0 Å². The molecule has 1 N–H and O–H groups in total. The molecule has 0 fully saturated rings. The Kier molecular flexibility index (Phi) is 5.82. The van der Waals surface area contributed by atoms with Gasteiger partial charge in [-0.1, -0.05) is 6.07 Å². The van der Waals surface area contributed by atoms with E-state index in [1.54, 1.807) is 14.2 Å². The first-order valence-electron chi connectivity index (χ1n) is 5.47. The van der Waals surface area contributed by atoms with Crippen LogP contribution in [0.2, 0.25) is 0 Å². The Morgan fingerprint density at radius 2 is 2.19 bits per heavy atom. The Balaban J connectivity index is 2.30. The summed E-state index contributed by atoms with van der Waals surface area (Å²) >= 11 is 0. The first kappa shape index (κ1) is 12.9. The van der Waals surface area contributed by atoms with Crippen LogP contribution in [0.4, 0.5) is 0 Å². The average molecular weight is 224 g/mol. The summed E-state index contributed by atoms with van der Waals surface area (Å²) in [5, 5.41) is 3.41. The molecule has 0 bridgehead atoms. The molecule has 16 heavy (non-hydrogen) atoms. The Bertz CT molecular complexity index is 288. The van der Waals surface area contributed by atoms with Gasteiger partial charge in [-0.05, 0) is 18.9 Å². The highest BCUT2D eigenvalue weighted by molar-refractivity contribution is 5.17. The van der Waals surface area contributed by atoms with Gasteiger partial charge in [-0.3, -0.25) is 0 Å². The summed E-state index contributed by atoms with van der Waals surface area (Å²) < 4.78 is 10.0. The zero-order valence-electron chi connectivity index (χ0n) is 10.2. The highest BCUT2D eigenvalue weighted by Gasteiger charge is 2.01. The van der Waals surface area contributed by atoms with Crippen molar-refractivity contribution in [3.63, 3.8) is 0 Å². The summed E-state index contributed by atoms with van der Waals surface area (Å²) in [6, 6.07) is 4.33. The highest BCUT2D eigenvalue weighted by Crippen LogP contribution is 2.06. The minimum atomic E-state index is 0.446. The monoisotopic (exact) mass is 224 g/mol. The van der Waals surface area contributed by atoms with Crippen molar-refractivity contribution in [3.05, 3.63) is 23.9 Å². The van der Waals surface area contributed by atoms with E-state index in [1.165, 1.54) is 0 Å². The zero-order valence-corrected chi connectivity index (χ0v) is 10.2. The van der Waals surface area contributed by atoms with E-state index in [2.05, 4.69) is 17.2 Å². The number of hydrogen-bond acceptors (Lipinski definition) is 4. The molecular weight excluding hydrogens is 204 g/mol. The van der Waals surface area contributed by atoms with Crippen LogP contribution in [0.25, 0.3) is 0 Å². The Labute approximate surface area is 97.0 Å². The topological polar surface area (TPSA) is 43.4 Å². The number of aromatic nitrogens is 1. The van der Waals surface area contributed by atoms with E-state index >= 15 is 0 Å². The maximum atomic E-state index is 5.03. The van der Waals surface area contributed by atoms with E-state index in [0.717, 1.165) is 25.1 Å². The second kappa shape index (κ2) is 7.19.